The molecule has 1 aliphatic heterocycles. The summed E-state index contributed by atoms with van der Waals surface area (Å²) in [6.07, 6.45) is 4.14. The number of aromatic nitrogens is 4. The fraction of sp³-hybridized carbons (Fsp3) is 0.389. The van der Waals surface area contributed by atoms with Crippen molar-refractivity contribution in [1.82, 2.24) is 19.3 Å². The first-order chi connectivity index (χ1) is 12.1. The summed E-state index contributed by atoms with van der Waals surface area (Å²) in [4.78, 5) is 17.0. The Balaban J connectivity index is 1.76. The zero-order valence-electron chi connectivity index (χ0n) is 14.5. The number of ether oxygens (including phenoxy) is 2. The maximum atomic E-state index is 12.7. The van der Waals surface area contributed by atoms with Crippen LogP contribution in [0.5, 0.6) is 11.5 Å². The summed E-state index contributed by atoms with van der Waals surface area (Å²) in [7, 11) is 1.77. The van der Waals surface area contributed by atoms with Crippen molar-refractivity contribution in [1.29, 1.82) is 0 Å². The van der Waals surface area contributed by atoms with Crippen molar-refractivity contribution in [2.24, 2.45) is 7.05 Å². The predicted molar refractivity (Wildman–Crippen MR) is 93.3 cm³/mol. The average molecular weight is 340 g/mol. The molecular formula is C18H20N4O3. The monoisotopic (exact) mass is 340 g/mol. The van der Waals surface area contributed by atoms with Gasteiger partial charge in [0, 0.05) is 24.6 Å². The van der Waals surface area contributed by atoms with Crippen molar-refractivity contribution < 1.29 is 9.47 Å². The lowest BCUT2D eigenvalue weighted by Gasteiger charge is -2.13. The number of hydrogen-bond donors (Lipinski definition) is 0. The van der Waals surface area contributed by atoms with Gasteiger partial charge in [0.1, 0.15) is 29.3 Å². The zero-order valence-corrected chi connectivity index (χ0v) is 14.5. The van der Waals surface area contributed by atoms with E-state index in [0.29, 0.717) is 24.2 Å². The second-order valence-electron chi connectivity index (χ2n) is 6.32. The van der Waals surface area contributed by atoms with Crippen LogP contribution >= 0.6 is 0 Å². The van der Waals surface area contributed by atoms with Gasteiger partial charge in [0.05, 0.1) is 19.3 Å². The standard InChI is InChI=1S/C18H20N4O3/c1-4-24-15-6-12-5-11(2)25-16(12)7-13(15)9-22-10-19-17-14(18(22)23)8-20-21(17)3/h6-8,10-11H,4-5,9H2,1-3H3/t11-/m1/s1. The van der Waals surface area contributed by atoms with Gasteiger partial charge in [-0.2, -0.15) is 5.10 Å². The van der Waals surface area contributed by atoms with Crippen LogP contribution in [0.4, 0.5) is 0 Å². The van der Waals surface area contributed by atoms with Gasteiger partial charge in [-0.25, -0.2) is 4.98 Å². The van der Waals surface area contributed by atoms with Gasteiger partial charge in [-0.1, -0.05) is 0 Å². The fourth-order valence-corrected chi connectivity index (χ4v) is 3.26. The molecule has 25 heavy (non-hydrogen) atoms. The Morgan fingerprint density at radius 1 is 1.40 bits per heavy atom. The molecule has 0 N–H and O–H groups in total. The molecule has 1 aromatic carbocycles. The highest BCUT2D eigenvalue weighted by Crippen LogP contribution is 2.35. The smallest absolute Gasteiger partial charge is 0.264 e. The van der Waals surface area contributed by atoms with Crippen LogP contribution in [0.3, 0.4) is 0 Å². The summed E-state index contributed by atoms with van der Waals surface area (Å²) in [5.41, 5.74) is 2.52. The summed E-state index contributed by atoms with van der Waals surface area (Å²) >= 11 is 0. The minimum absolute atomic E-state index is 0.115. The van der Waals surface area contributed by atoms with Gasteiger partial charge in [0.2, 0.25) is 0 Å². The van der Waals surface area contributed by atoms with Gasteiger partial charge in [0.15, 0.2) is 5.65 Å². The van der Waals surface area contributed by atoms with E-state index in [2.05, 4.69) is 10.1 Å². The van der Waals surface area contributed by atoms with E-state index in [9.17, 15) is 4.79 Å². The summed E-state index contributed by atoms with van der Waals surface area (Å²) < 4.78 is 14.8. The Bertz CT molecular complexity index is 1010. The molecule has 0 spiro atoms. The third-order valence-corrected chi connectivity index (χ3v) is 4.44. The molecule has 3 heterocycles. The van der Waals surface area contributed by atoms with E-state index in [1.54, 1.807) is 28.8 Å². The molecule has 0 aliphatic carbocycles. The largest absolute Gasteiger partial charge is 0.494 e. The minimum atomic E-state index is -0.115. The predicted octanol–water partition coefficient (Wildman–Crippen LogP) is 1.90. The van der Waals surface area contributed by atoms with Gasteiger partial charge >= 0.3 is 0 Å². The first-order valence-corrected chi connectivity index (χ1v) is 8.39. The quantitative estimate of drug-likeness (QED) is 0.725. The molecule has 3 aromatic rings. The van der Waals surface area contributed by atoms with Crippen LogP contribution in [0.2, 0.25) is 0 Å². The van der Waals surface area contributed by atoms with Crippen molar-refractivity contribution in [3.63, 3.8) is 0 Å². The second kappa shape index (κ2) is 5.91. The molecule has 0 bridgehead atoms. The van der Waals surface area contributed by atoms with Crippen molar-refractivity contribution in [2.75, 3.05) is 6.61 Å². The van der Waals surface area contributed by atoms with Gasteiger partial charge in [-0.15, -0.1) is 0 Å². The lowest BCUT2D eigenvalue weighted by atomic mass is 10.1. The molecule has 4 rings (SSSR count). The van der Waals surface area contributed by atoms with Crippen LogP contribution < -0.4 is 15.0 Å². The lowest BCUT2D eigenvalue weighted by molar-refractivity contribution is 0.254. The maximum absolute atomic E-state index is 12.7. The Labute approximate surface area is 144 Å². The van der Waals surface area contributed by atoms with Gasteiger partial charge in [-0.05, 0) is 26.0 Å². The molecule has 0 saturated carbocycles. The van der Waals surface area contributed by atoms with E-state index >= 15 is 0 Å². The van der Waals surface area contributed by atoms with E-state index in [0.717, 1.165) is 29.0 Å². The van der Waals surface area contributed by atoms with Crippen LogP contribution in [-0.2, 0) is 20.0 Å². The fourth-order valence-electron chi connectivity index (χ4n) is 3.26. The topological polar surface area (TPSA) is 71.2 Å². The normalized spacial score (nSPS) is 16.0. The molecule has 1 atom stereocenters. The first kappa shape index (κ1) is 15.7. The van der Waals surface area contributed by atoms with Crippen LogP contribution in [0.15, 0.2) is 29.5 Å². The summed E-state index contributed by atoms with van der Waals surface area (Å²) in [6, 6.07) is 4.00. The van der Waals surface area contributed by atoms with Crippen molar-refractivity contribution >= 4 is 11.0 Å². The molecular weight excluding hydrogens is 320 g/mol. The van der Waals surface area contributed by atoms with Gasteiger partial charge < -0.3 is 9.47 Å². The summed E-state index contributed by atoms with van der Waals surface area (Å²) in [6.45, 7) is 4.93. The van der Waals surface area contributed by atoms with Crippen LogP contribution in [0.25, 0.3) is 11.0 Å². The molecule has 130 valence electrons. The van der Waals surface area contributed by atoms with Crippen molar-refractivity contribution in [3.05, 3.63) is 46.1 Å². The lowest BCUT2D eigenvalue weighted by Crippen LogP contribution is -2.21. The number of benzene rings is 1. The number of rotatable bonds is 4. The Morgan fingerprint density at radius 3 is 3.04 bits per heavy atom. The Hall–Kier alpha value is -2.83. The molecule has 0 saturated heterocycles. The molecule has 7 heteroatoms. The SMILES string of the molecule is CCOc1cc2c(cc1Cn1cnc3c(cnn3C)c1=O)O[C@H](C)C2. The van der Waals surface area contributed by atoms with Gasteiger partial charge in [0.25, 0.3) is 5.56 Å². The van der Waals surface area contributed by atoms with Crippen LogP contribution in [-0.4, -0.2) is 32.0 Å². The number of nitrogens with zero attached hydrogens (tertiary/aromatic N) is 4. The number of fused-ring (bicyclic) bond motifs is 2. The zero-order chi connectivity index (χ0) is 17.6. The number of hydrogen-bond acceptors (Lipinski definition) is 5. The highest BCUT2D eigenvalue weighted by molar-refractivity contribution is 5.72. The first-order valence-electron chi connectivity index (χ1n) is 8.39. The maximum Gasteiger partial charge on any atom is 0.264 e. The number of aryl methyl sites for hydroxylation is 1. The summed E-state index contributed by atoms with van der Waals surface area (Å²) in [5, 5.41) is 4.61. The van der Waals surface area contributed by atoms with E-state index in [1.165, 1.54) is 0 Å². The van der Waals surface area contributed by atoms with Crippen molar-refractivity contribution in [3.8, 4) is 11.5 Å². The molecule has 0 fully saturated rings. The highest BCUT2D eigenvalue weighted by Gasteiger charge is 2.22. The van der Waals surface area contributed by atoms with E-state index in [1.807, 2.05) is 26.0 Å². The summed E-state index contributed by atoms with van der Waals surface area (Å²) in [5.74, 6) is 1.66. The van der Waals surface area contributed by atoms with Gasteiger partial charge in [-0.3, -0.25) is 14.0 Å². The second-order valence-corrected chi connectivity index (χ2v) is 6.32. The van der Waals surface area contributed by atoms with E-state index in [4.69, 9.17) is 9.47 Å². The van der Waals surface area contributed by atoms with E-state index in [-0.39, 0.29) is 11.7 Å². The molecule has 2 aromatic heterocycles. The molecule has 7 nitrogen and oxygen atoms in total. The Kier molecular flexibility index (Phi) is 3.71. The third kappa shape index (κ3) is 2.65. The molecule has 0 unspecified atom stereocenters. The third-order valence-electron chi connectivity index (χ3n) is 4.44. The average Bonchev–Trinajstić information content (AvgIpc) is 3.13. The molecule has 0 amide bonds. The minimum Gasteiger partial charge on any atom is -0.494 e. The van der Waals surface area contributed by atoms with Crippen LogP contribution in [0, 0.1) is 0 Å². The Morgan fingerprint density at radius 2 is 2.24 bits per heavy atom. The van der Waals surface area contributed by atoms with Crippen molar-refractivity contribution in [2.45, 2.75) is 32.9 Å². The molecule has 0 radical (unpaired) electrons. The van der Waals surface area contributed by atoms with Crippen LogP contribution in [0.1, 0.15) is 25.0 Å². The van der Waals surface area contributed by atoms with E-state index < -0.39 is 0 Å². The molecule has 1 aliphatic rings. The highest BCUT2D eigenvalue weighted by atomic mass is 16.5.